The Morgan fingerprint density at radius 1 is 1.60 bits per heavy atom. The van der Waals surface area contributed by atoms with E-state index in [1.165, 1.54) is 24.2 Å². The van der Waals surface area contributed by atoms with Crippen LogP contribution in [0.25, 0.3) is 0 Å². The Labute approximate surface area is 125 Å². The van der Waals surface area contributed by atoms with Gasteiger partial charge in [0.2, 0.25) is 0 Å². The summed E-state index contributed by atoms with van der Waals surface area (Å²) in [7, 11) is 1.63. The number of ether oxygens (including phenoxy) is 1. The first kappa shape index (κ1) is 15.3. The minimum atomic E-state index is 0.124. The van der Waals surface area contributed by atoms with Crippen LogP contribution in [0.4, 0.5) is 0 Å². The van der Waals surface area contributed by atoms with E-state index >= 15 is 0 Å². The molecule has 1 amide bonds. The van der Waals surface area contributed by atoms with E-state index in [0.29, 0.717) is 5.92 Å². The molecule has 2 heterocycles. The van der Waals surface area contributed by atoms with Crippen molar-refractivity contribution in [3.8, 4) is 5.75 Å². The van der Waals surface area contributed by atoms with Gasteiger partial charge in [0, 0.05) is 24.0 Å². The summed E-state index contributed by atoms with van der Waals surface area (Å²) in [6, 6.07) is 2.05. The van der Waals surface area contributed by atoms with Crippen LogP contribution in [-0.2, 0) is 0 Å². The van der Waals surface area contributed by atoms with Gasteiger partial charge in [0.15, 0.2) is 0 Å². The Kier molecular flexibility index (Phi) is 5.43. The lowest BCUT2D eigenvalue weighted by atomic mass is 9.98. The van der Waals surface area contributed by atoms with Crippen LogP contribution >= 0.6 is 11.3 Å². The van der Waals surface area contributed by atoms with E-state index in [1.54, 1.807) is 7.11 Å². The highest BCUT2D eigenvalue weighted by atomic mass is 32.1. The predicted octanol–water partition coefficient (Wildman–Crippen LogP) is 2.61. The van der Waals surface area contributed by atoms with Crippen LogP contribution in [0.5, 0.6) is 5.75 Å². The number of rotatable bonds is 5. The number of thiophene rings is 1. The first-order valence-corrected chi connectivity index (χ1v) is 8.14. The van der Waals surface area contributed by atoms with E-state index in [2.05, 4.69) is 19.2 Å². The molecular weight excluding hydrogens is 272 g/mol. The first-order chi connectivity index (χ1) is 9.61. The molecule has 0 aromatic carbocycles. The second kappa shape index (κ2) is 7.09. The molecule has 0 aliphatic carbocycles. The molecule has 1 aliphatic heterocycles. The molecule has 0 bridgehead atoms. The van der Waals surface area contributed by atoms with Crippen molar-refractivity contribution in [3.05, 3.63) is 16.3 Å². The fraction of sp³-hybridized carbons (Fsp3) is 0.667. The van der Waals surface area contributed by atoms with Crippen LogP contribution in [0.3, 0.4) is 0 Å². The van der Waals surface area contributed by atoms with Gasteiger partial charge in [0.1, 0.15) is 5.75 Å². The summed E-state index contributed by atoms with van der Waals surface area (Å²) in [6.07, 6.45) is 2.41. The van der Waals surface area contributed by atoms with E-state index in [0.717, 1.165) is 30.3 Å². The summed E-state index contributed by atoms with van der Waals surface area (Å²) in [4.78, 5) is 15.4. The van der Waals surface area contributed by atoms with Crippen molar-refractivity contribution >= 4 is 17.2 Å². The van der Waals surface area contributed by atoms with Crippen molar-refractivity contribution < 1.29 is 9.53 Å². The van der Waals surface area contributed by atoms with Crippen LogP contribution in [0.2, 0.25) is 0 Å². The molecule has 1 N–H and O–H groups in total. The average molecular weight is 296 g/mol. The molecule has 1 aromatic rings. The van der Waals surface area contributed by atoms with Crippen molar-refractivity contribution in [2.75, 3.05) is 26.7 Å². The smallest absolute Gasteiger partial charge is 0.264 e. The van der Waals surface area contributed by atoms with Gasteiger partial charge in [0.25, 0.3) is 5.91 Å². The molecule has 5 heteroatoms. The lowest BCUT2D eigenvalue weighted by Crippen LogP contribution is -2.44. The fourth-order valence-corrected chi connectivity index (χ4v) is 3.38. The molecule has 0 radical (unpaired) electrons. The molecule has 1 aliphatic rings. The molecule has 112 valence electrons. The highest BCUT2D eigenvalue weighted by molar-refractivity contribution is 7.12. The van der Waals surface area contributed by atoms with E-state index in [-0.39, 0.29) is 11.9 Å². The van der Waals surface area contributed by atoms with Gasteiger partial charge < -0.3 is 15.0 Å². The summed E-state index contributed by atoms with van der Waals surface area (Å²) in [5, 5.41) is 5.30. The normalized spacial score (nSPS) is 19.1. The van der Waals surface area contributed by atoms with Gasteiger partial charge in [-0.3, -0.25) is 4.79 Å². The van der Waals surface area contributed by atoms with Gasteiger partial charge in [0.05, 0.1) is 12.0 Å². The molecular formula is C15H24N2O2S. The highest BCUT2D eigenvalue weighted by Gasteiger charge is 2.24. The molecule has 4 nitrogen and oxygen atoms in total. The fourth-order valence-electron chi connectivity index (χ4n) is 2.57. The number of hydrogen-bond donors (Lipinski definition) is 1. The van der Waals surface area contributed by atoms with Gasteiger partial charge in [-0.05, 0) is 45.7 Å². The number of piperidine rings is 1. The van der Waals surface area contributed by atoms with Crippen molar-refractivity contribution in [3.63, 3.8) is 0 Å². The van der Waals surface area contributed by atoms with Crippen LogP contribution in [0.1, 0.15) is 36.4 Å². The SMILES string of the molecule is COc1csc(C(=O)N(CC2CCCNC2)C(C)C)c1. The molecule has 20 heavy (non-hydrogen) atoms. The van der Waals surface area contributed by atoms with E-state index < -0.39 is 0 Å². The van der Waals surface area contributed by atoms with Crippen LogP contribution in [0.15, 0.2) is 11.4 Å². The monoisotopic (exact) mass is 296 g/mol. The summed E-state index contributed by atoms with van der Waals surface area (Å²) in [5.74, 6) is 1.46. The zero-order chi connectivity index (χ0) is 14.5. The molecule has 1 unspecified atom stereocenters. The zero-order valence-corrected chi connectivity index (χ0v) is 13.3. The third-order valence-electron chi connectivity index (χ3n) is 3.76. The van der Waals surface area contributed by atoms with E-state index in [9.17, 15) is 4.79 Å². The molecule has 1 saturated heterocycles. The Balaban J connectivity index is 2.04. The summed E-state index contributed by atoms with van der Waals surface area (Å²) in [5.41, 5.74) is 0. The maximum atomic E-state index is 12.6. The second-order valence-electron chi connectivity index (χ2n) is 5.61. The average Bonchev–Trinajstić information content (AvgIpc) is 2.94. The number of nitrogens with zero attached hydrogens (tertiary/aromatic N) is 1. The number of carbonyl (C=O) groups excluding carboxylic acids is 1. The summed E-state index contributed by atoms with van der Waals surface area (Å²) >= 11 is 1.46. The third kappa shape index (κ3) is 3.73. The zero-order valence-electron chi connectivity index (χ0n) is 12.5. The Hall–Kier alpha value is -1.07. The number of methoxy groups -OCH3 is 1. The molecule has 1 aromatic heterocycles. The Morgan fingerprint density at radius 3 is 2.95 bits per heavy atom. The van der Waals surface area contributed by atoms with E-state index in [1.807, 2.05) is 16.3 Å². The third-order valence-corrected chi connectivity index (χ3v) is 4.66. The molecule has 0 saturated carbocycles. The van der Waals surface area contributed by atoms with E-state index in [4.69, 9.17) is 4.74 Å². The van der Waals surface area contributed by atoms with Gasteiger partial charge in [-0.15, -0.1) is 11.3 Å². The number of carbonyl (C=O) groups is 1. The maximum absolute atomic E-state index is 12.6. The largest absolute Gasteiger partial charge is 0.496 e. The number of hydrogen-bond acceptors (Lipinski definition) is 4. The predicted molar refractivity (Wildman–Crippen MR) is 82.6 cm³/mol. The standard InChI is InChI=1S/C15H24N2O2S/c1-11(2)17(9-12-5-4-6-16-8-12)15(18)14-7-13(19-3)10-20-14/h7,10-12,16H,4-6,8-9H2,1-3H3. The lowest BCUT2D eigenvalue weighted by molar-refractivity contribution is 0.0665. The lowest BCUT2D eigenvalue weighted by Gasteiger charge is -2.32. The molecule has 0 spiro atoms. The topological polar surface area (TPSA) is 41.6 Å². The minimum Gasteiger partial charge on any atom is -0.496 e. The first-order valence-electron chi connectivity index (χ1n) is 7.26. The van der Waals surface area contributed by atoms with Crippen molar-refractivity contribution in [2.45, 2.75) is 32.7 Å². The summed E-state index contributed by atoms with van der Waals surface area (Å²) in [6.45, 7) is 7.13. The van der Waals surface area contributed by atoms with Gasteiger partial charge in [-0.2, -0.15) is 0 Å². The quantitative estimate of drug-likeness (QED) is 0.908. The summed E-state index contributed by atoms with van der Waals surface area (Å²) < 4.78 is 5.16. The van der Waals surface area contributed by atoms with Gasteiger partial charge in [-0.25, -0.2) is 0 Å². The second-order valence-corrected chi connectivity index (χ2v) is 6.53. The molecule has 2 rings (SSSR count). The maximum Gasteiger partial charge on any atom is 0.264 e. The van der Waals surface area contributed by atoms with Crippen molar-refractivity contribution in [2.24, 2.45) is 5.92 Å². The van der Waals surface area contributed by atoms with Crippen molar-refractivity contribution in [1.29, 1.82) is 0 Å². The van der Waals surface area contributed by atoms with Crippen LogP contribution in [-0.4, -0.2) is 43.6 Å². The number of nitrogens with one attached hydrogen (secondary N) is 1. The van der Waals surface area contributed by atoms with Gasteiger partial charge >= 0.3 is 0 Å². The minimum absolute atomic E-state index is 0.124. The Bertz CT molecular complexity index is 439. The Morgan fingerprint density at radius 2 is 2.40 bits per heavy atom. The van der Waals surface area contributed by atoms with Crippen LogP contribution < -0.4 is 10.1 Å². The molecule has 1 fully saturated rings. The van der Waals surface area contributed by atoms with Crippen molar-refractivity contribution in [1.82, 2.24) is 10.2 Å². The number of amides is 1. The van der Waals surface area contributed by atoms with Gasteiger partial charge in [-0.1, -0.05) is 0 Å². The molecule has 1 atom stereocenters. The van der Waals surface area contributed by atoms with Crippen LogP contribution in [0, 0.1) is 5.92 Å². The highest BCUT2D eigenvalue weighted by Crippen LogP contribution is 2.24.